The van der Waals surface area contributed by atoms with Crippen molar-refractivity contribution < 1.29 is 4.52 Å². The highest BCUT2D eigenvalue weighted by Gasteiger charge is 2.19. The lowest BCUT2D eigenvalue weighted by atomic mass is 10.00. The Labute approximate surface area is 65.0 Å². The molecule has 1 aromatic rings. The minimum absolute atomic E-state index is 0.436. The van der Waals surface area contributed by atoms with E-state index in [2.05, 4.69) is 15.5 Å². The fourth-order valence-corrected chi connectivity index (χ4v) is 1.42. The van der Waals surface area contributed by atoms with E-state index in [0.29, 0.717) is 5.92 Å². The van der Waals surface area contributed by atoms with Crippen molar-refractivity contribution in [3.63, 3.8) is 0 Å². The second kappa shape index (κ2) is 3.00. The molecule has 0 amide bonds. The number of hydrogen-bond donors (Lipinski definition) is 1. The molecule has 0 radical (unpaired) electrons. The van der Waals surface area contributed by atoms with E-state index in [-0.39, 0.29) is 0 Å². The predicted molar refractivity (Wildman–Crippen MR) is 39.1 cm³/mol. The van der Waals surface area contributed by atoms with Gasteiger partial charge in [0.25, 0.3) is 0 Å². The third-order valence-electron chi connectivity index (χ3n) is 2.02. The van der Waals surface area contributed by atoms with Gasteiger partial charge in [-0.05, 0) is 19.4 Å². The summed E-state index contributed by atoms with van der Waals surface area (Å²) < 4.78 is 4.97. The largest absolute Gasteiger partial charge is 0.339 e. The van der Waals surface area contributed by atoms with Crippen LogP contribution >= 0.6 is 0 Å². The molecule has 0 aromatic carbocycles. The standard InChI is InChI=1S/C7H11N3O/c1-2-6(4-8-3-1)7-9-5-10-11-7/h5-6,8H,1-4H2/t6-/m1/s1. The third kappa shape index (κ3) is 1.40. The van der Waals surface area contributed by atoms with E-state index >= 15 is 0 Å². The summed E-state index contributed by atoms with van der Waals surface area (Å²) in [5.74, 6) is 1.21. The van der Waals surface area contributed by atoms with Gasteiger partial charge in [0, 0.05) is 6.54 Å². The molecular formula is C7H11N3O. The molecule has 1 aliphatic heterocycles. The molecule has 1 atom stereocenters. The first kappa shape index (κ1) is 6.79. The summed E-state index contributed by atoms with van der Waals surface area (Å²) in [6, 6.07) is 0. The SMILES string of the molecule is c1noc([C@@H]2CCCNC2)n1. The normalized spacial score (nSPS) is 25.3. The molecule has 0 bridgehead atoms. The molecule has 1 fully saturated rings. The highest BCUT2D eigenvalue weighted by Crippen LogP contribution is 2.19. The van der Waals surface area contributed by atoms with Crippen LogP contribution in [0.15, 0.2) is 10.9 Å². The van der Waals surface area contributed by atoms with Crippen LogP contribution in [0.5, 0.6) is 0 Å². The first-order chi connectivity index (χ1) is 5.47. The number of nitrogens with one attached hydrogen (secondary N) is 1. The summed E-state index contributed by atoms with van der Waals surface area (Å²) in [5, 5.41) is 6.88. The zero-order chi connectivity index (χ0) is 7.52. The zero-order valence-electron chi connectivity index (χ0n) is 6.29. The Morgan fingerprint density at radius 1 is 1.64 bits per heavy atom. The van der Waals surface area contributed by atoms with E-state index < -0.39 is 0 Å². The van der Waals surface area contributed by atoms with E-state index in [0.717, 1.165) is 25.4 Å². The second-order valence-corrected chi connectivity index (χ2v) is 2.82. The van der Waals surface area contributed by atoms with Crippen LogP contribution in [0.1, 0.15) is 24.7 Å². The van der Waals surface area contributed by atoms with Gasteiger partial charge in [-0.3, -0.25) is 0 Å². The van der Waals surface area contributed by atoms with Crippen molar-refractivity contribution in [2.75, 3.05) is 13.1 Å². The van der Waals surface area contributed by atoms with Crippen LogP contribution in [-0.4, -0.2) is 23.2 Å². The predicted octanol–water partition coefficient (Wildman–Crippen LogP) is 0.537. The molecule has 0 unspecified atom stereocenters. The van der Waals surface area contributed by atoms with Gasteiger partial charge < -0.3 is 9.84 Å². The summed E-state index contributed by atoms with van der Waals surface area (Å²) in [6.07, 6.45) is 3.83. The molecule has 1 N–H and O–H groups in total. The summed E-state index contributed by atoms with van der Waals surface area (Å²) in [7, 11) is 0. The minimum atomic E-state index is 0.436. The van der Waals surface area contributed by atoms with E-state index in [1.807, 2.05) is 0 Å². The molecule has 1 saturated heterocycles. The lowest BCUT2D eigenvalue weighted by Crippen LogP contribution is -2.28. The maximum absolute atomic E-state index is 4.97. The molecule has 0 spiro atoms. The first-order valence-electron chi connectivity index (χ1n) is 3.94. The van der Waals surface area contributed by atoms with Gasteiger partial charge in [0.05, 0.1) is 5.92 Å². The summed E-state index contributed by atoms with van der Waals surface area (Å²) in [4.78, 5) is 4.02. The molecule has 0 aliphatic carbocycles. The Bertz CT molecular complexity index is 203. The molecule has 4 heteroatoms. The molecule has 1 aromatic heterocycles. The zero-order valence-corrected chi connectivity index (χ0v) is 6.29. The monoisotopic (exact) mass is 153 g/mol. The topological polar surface area (TPSA) is 51.0 Å². The van der Waals surface area contributed by atoms with Gasteiger partial charge in [0.1, 0.15) is 0 Å². The Kier molecular flexibility index (Phi) is 1.85. The van der Waals surface area contributed by atoms with Crippen molar-refractivity contribution in [1.29, 1.82) is 0 Å². The Morgan fingerprint density at radius 3 is 3.27 bits per heavy atom. The number of piperidine rings is 1. The molecule has 60 valence electrons. The Morgan fingerprint density at radius 2 is 2.64 bits per heavy atom. The molecule has 1 aliphatic rings. The highest BCUT2D eigenvalue weighted by atomic mass is 16.5. The average molecular weight is 153 g/mol. The summed E-state index contributed by atoms with van der Waals surface area (Å²) >= 11 is 0. The van der Waals surface area contributed by atoms with E-state index in [1.165, 1.54) is 12.7 Å². The average Bonchev–Trinajstić information content (AvgIpc) is 2.58. The van der Waals surface area contributed by atoms with Crippen LogP contribution in [0.3, 0.4) is 0 Å². The van der Waals surface area contributed by atoms with Crippen LogP contribution in [0, 0.1) is 0 Å². The van der Waals surface area contributed by atoms with Crippen molar-refractivity contribution in [2.45, 2.75) is 18.8 Å². The summed E-state index contributed by atoms with van der Waals surface area (Å²) in [6.45, 7) is 2.09. The van der Waals surface area contributed by atoms with Gasteiger partial charge in [-0.2, -0.15) is 4.98 Å². The Balaban J connectivity index is 2.04. The maximum Gasteiger partial charge on any atom is 0.230 e. The van der Waals surface area contributed by atoms with Gasteiger partial charge in [-0.25, -0.2) is 0 Å². The highest BCUT2D eigenvalue weighted by molar-refractivity contribution is 4.92. The quantitative estimate of drug-likeness (QED) is 0.639. The number of nitrogens with zero attached hydrogens (tertiary/aromatic N) is 2. The van der Waals surface area contributed by atoms with Crippen molar-refractivity contribution in [1.82, 2.24) is 15.5 Å². The number of rotatable bonds is 1. The third-order valence-corrected chi connectivity index (χ3v) is 2.02. The van der Waals surface area contributed by atoms with Gasteiger partial charge in [-0.1, -0.05) is 5.16 Å². The molecule has 4 nitrogen and oxygen atoms in total. The van der Waals surface area contributed by atoms with Crippen molar-refractivity contribution in [3.8, 4) is 0 Å². The molecule has 2 rings (SSSR count). The van der Waals surface area contributed by atoms with Crippen LogP contribution in [0.2, 0.25) is 0 Å². The van der Waals surface area contributed by atoms with Gasteiger partial charge in [0.2, 0.25) is 5.89 Å². The summed E-state index contributed by atoms with van der Waals surface area (Å²) in [5.41, 5.74) is 0. The molecule has 0 saturated carbocycles. The smallest absolute Gasteiger partial charge is 0.230 e. The van der Waals surface area contributed by atoms with Crippen LogP contribution < -0.4 is 5.32 Å². The van der Waals surface area contributed by atoms with Gasteiger partial charge in [-0.15, -0.1) is 0 Å². The van der Waals surface area contributed by atoms with Crippen molar-refractivity contribution >= 4 is 0 Å². The lowest BCUT2D eigenvalue weighted by Gasteiger charge is -2.18. The van der Waals surface area contributed by atoms with Crippen LogP contribution in [0.4, 0.5) is 0 Å². The minimum Gasteiger partial charge on any atom is -0.339 e. The van der Waals surface area contributed by atoms with Crippen LogP contribution in [0.25, 0.3) is 0 Å². The molecular weight excluding hydrogens is 142 g/mol. The Hall–Kier alpha value is -0.900. The van der Waals surface area contributed by atoms with E-state index in [1.54, 1.807) is 0 Å². The van der Waals surface area contributed by atoms with Gasteiger partial charge >= 0.3 is 0 Å². The number of aromatic nitrogens is 2. The van der Waals surface area contributed by atoms with E-state index in [4.69, 9.17) is 4.52 Å². The first-order valence-corrected chi connectivity index (χ1v) is 3.94. The molecule has 11 heavy (non-hydrogen) atoms. The van der Waals surface area contributed by atoms with Crippen molar-refractivity contribution in [3.05, 3.63) is 12.2 Å². The van der Waals surface area contributed by atoms with Gasteiger partial charge in [0.15, 0.2) is 6.33 Å². The maximum atomic E-state index is 4.97. The molecule has 2 heterocycles. The van der Waals surface area contributed by atoms with Crippen molar-refractivity contribution in [2.24, 2.45) is 0 Å². The second-order valence-electron chi connectivity index (χ2n) is 2.82. The lowest BCUT2D eigenvalue weighted by molar-refractivity contribution is 0.322. The number of hydrogen-bond acceptors (Lipinski definition) is 4. The van der Waals surface area contributed by atoms with E-state index in [9.17, 15) is 0 Å². The van der Waals surface area contributed by atoms with Crippen LogP contribution in [-0.2, 0) is 0 Å². The fourth-order valence-electron chi connectivity index (χ4n) is 1.42. The fraction of sp³-hybridized carbons (Fsp3) is 0.714.